The van der Waals surface area contributed by atoms with Gasteiger partial charge in [0.05, 0.1) is 0 Å². The number of nitrogens with zero attached hydrogens (tertiary/aromatic N) is 1. The summed E-state index contributed by atoms with van der Waals surface area (Å²) in [5.41, 5.74) is 6.25. The SMILES string of the molecule is c1ccc(COc2ccc(CN3CCC4(CCc5ccccc54)CC3)cc2)cc1. The molecule has 0 aromatic heterocycles. The second-order valence-electron chi connectivity index (χ2n) is 8.63. The van der Waals surface area contributed by atoms with Crippen LogP contribution in [0.2, 0.25) is 0 Å². The largest absolute Gasteiger partial charge is 0.489 e. The van der Waals surface area contributed by atoms with Crippen LogP contribution < -0.4 is 4.74 Å². The number of ether oxygens (including phenoxy) is 1. The van der Waals surface area contributed by atoms with Crippen molar-refractivity contribution in [1.29, 1.82) is 0 Å². The quantitative estimate of drug-likeness (QED) is 0.556. The van der Waals surface area contributed by atoms with Crippen LogP contribution in [-0.4, -0.2) is 18.0 Å². The fourth-order valence-electron chi connectivity index (χ4n) is 5.11. The first-order valence-electron chi connectivity index (χ1n) is 10.9. The van der Waals surface area contributed by atoms with Gasteiger partial charge in [0, 0.05) is 6.54 Å². The summed E-state index contributed by atoms with van der Waals surface area (Å²) < 4.78 is 5.92. The van der Waals surface area contributed by atoms with Crippen molar-refractivity contribution < 1.29 is 4.74 Å². The molecule has 1 fully saturated rings. The van der Waals surface area contributed by atoms with E-state index in [-0.39, 0.29) is 0 Å². The van der Waals surface area contributed by atoms with Crippen molar-refractivity contribution in [3.05, 3.63) is 101 Å². The zero-order valence-electron chi connectivity index (χ0n) is 17.0. The van der Waals surface area contributed by atoms with Gasteiger partial charge in [-0.15, -0.1) is 0 Å². The highest BCUT2D eigenvalue weighted by molar-refractivity contribution is 5.40. The lowest BCUT2D eigenvalue weighted by atomic mass is 9.74. The van der Waals surface area contributed by atoms with Gasteiger partial charge in [-0.05, 0) is 78.6 Å². The molecule has 148 valence electrons. The van der Waals surface area contributed by atoms with Crippen LogP contribution in [0.25, 0.3) is 0 Å². The summed E-state index contributed by atoms with van der Waals surface area (Å²) in [5.74, 6) is 0.942. The van der Waals surface area contributed by atoms with Crippen LogP contribution in [0.15, 0.2) is 78.9 Å². The predicted molar refractivity (Wildman–Crippen MR) is 118 cm³/mol. The van der Waals surface area contributed by atoms with Crippen molar-refractivity contribution in [3.63, 3.8) is 0 Å². The van der Waals surface area contributed by atoms with E-state index >= 15 is 0 Å². The summed E-state index contributed by atoms with van der Waals surface area (Å²) >= 11 is 0. The summed E-state index contributed by atoms with van der Waals surface area (Å²) in [6.45, 7) is 4.05. The van der Waals surface area contributed by atoms with E-state index in [1.807, 2.05) is 6.07 Å². The van der Waals surface area contributed by atoms with Gasteiger partial charge in [-0.3, -0.25) is 4.90 Å². The number of piperidine rings is 1. The smallest absolute Gasteiger partial charge is 0.119 e. The normalized spacial score (nSPS) is 17.9. The Hall–Kier alpha value is -2.58. The summed E-state index contributed by atoms with van der Waals surface area (Å²) in [7, 11) is 0. The molecule has 2 heteroatoms. The Kier molecular flexibility index (Phi) is 5.12. The highest BCUT2D eigenvalue weighted by Crippen LogP contribution is 2.46. The van der Waals surface area contributed by atoms with Crippen LogP contribution in [0.1, 0.15) is 41.5 Å². The van der Waals surface area contributed by atoms with Gasteiger partial charge < -0.3 is 4.74 Å². The average Bonchev–Trinajstić information content (AvgIpc) is 3.14. The number of benzene rings is 3. The third-order valence-electron chi connectivity index (χ3n) is 6.85. The molecule has 0 amide bonds. The molecule has 2 nitrogen and oxygen atoms in total. The Morgan fingerprint density at radius 1 is 0.724 bits per heavy atom. The van der Waals surface area contributed by atoms with Crippen molar-refractivity contribution >= 4 is 0 Å². The molecule has 1 heterocycles. The molecule has 0 saturated carbocycles. The molecule has 0 unspecified atom stereocenters. The topological polar surface area (TPSA) is 12.5 Å². The fraction of sp³-hybridized carbons (Fsp3) is 0.333. The summed E-state index contributed by atoms with van der Waals surface area (Å²) in [6, 6.07) is 28.1. The van der Waals surface area contributed by atoms with Crippen LogP contribution in [0.3, 0.4) is 0 Å². The molecule has 0 radical (unpaired) electrons. The minimum Gasteiger partial charge on any atom is -0.489 e. The van der Waals surface area contributed by atoms with E-state index in [0.29, 0.717) is 12.0 Å². The van der Waals surface area contributed by atoms with Crippen LogP contribution in [-0.2, 0) is 25.0 Å². The molecular weight excluding hydrogens is 354 g/mol. The third kappa shape index (κ3) is 3.95. The maximum Gasteiger partial charge on any atom is 0.119 e. The van der Waals surface area contributed by atoms with Crippen LogP contribution >= 0.6 is 0 Å². The maximum absolute atomic E-state index is 5.92. The maximum atomic E-state index is 5.92. The van der Waals surface area contributed by atoms with Crippen LogP contribution in [0.5, 0.6) is 5.75 Å². The number of likely N-dealkylation sites (tertiary alicyclic amines) is 1. The zero-order chi connectivity index (χ0) is 19.5. The van der Waals surface area contributed by atoms with E-state index in [2.05, 4.69) is 77.7 Å². The van der Waals surface area contributed by atoms with Gasteiger partial charge >= 0.3 is 0 Å². The Balaban J connectivity index is 1.15. The highest BCUT2D eigenvalue weighted by Gasteiger charge is 2.40. The van der Waals surface area contributed by atoms with E-state index in [0.717, 1.165) is 12.3 Å². The zero-order valence-corrected chi connectivity index (χ0v) is 17.0. The van der Waals surface area contributed by atoms with E-state index in [9.17, 15) is 0 Å². The monoisotopic (exact) mass is 383 g/mol. The van der Waals surface area contributed by atoms with E-state index in [1.54, 1.807) is 11.1 Å². The number of hydrogen-bond acceptors (Lipinski definition) is 2. The lowest BCUT2D eigenvalue weighted by Gasteiger charge is -2.40. The molecule has 3 aromatic carbocycles. The summed E-state index contributed by atoms with van der Waals surface area (Å²) in [5, 5.41) is 0. The lowest BCUT2D eigenvalue weighted by molar-refractivity contribution is 0.152. The molecule has 0 N–H and O–H groups in total. The third-order valence-corrected chi connectivity index (χ3v) is 6.85. The van der Waals surface area contributed by atoms with Crippen molar-refractivity contribution in [2.75, 3.05) is 13.1 Å². The second-order valence-corrected chi connectivity index (χ2v) is 8.63. The Morgan fingerprint density at radius 2 is 1.45 bits per heavy atom. The van der Waals surface area contributed by atoms with Crippen molar-refractivity contribution in [2.45, 2.75) is 44.2 Å². The number of fused-ring (bicyclic) bond motifs is 2. The van der Waals surface area contributed by atoms with E-state index in [1.165, 1.54) is 49.9 Å². The van der Waals surface area contributed by atoms with Gasteiger partial charge in [0.15, 0.2) is 0 Å². The van der Waals surface area contributed by atoms with E-state index < -0.39 is 0 Å². The number of aryl methyl sites for hydroxylation is 1. The molecule has 0 atom stereocenters. The highest BCUT2D eigenvalue weighted by atomic mass is 16.5. The van der Waals surface area contributed by atoms with Gasteiger partial charge in [-0.25, -0.2) is 0 Å². The molecule has 1 saturated heterocycles. The molecular formula is C27H29NO. The molecule has 1 aliphatic heterocycles. The molecule has 5 rings (SSSR count). The number of hydrogen-bond donors (Lipinski definition) is 0. The van der Waals surface area contributed by atoms with E-state index in [4.69, 9.17) is 4.74 Å². The molecule has 1 spiro atoms. The van der Waals surface area contributed by atoms with Crippen molar-refractivity contribution in [1.82, 2.24) is 4.90 Å². The van der Waals surface area contributed by atoms with Gasteiger partial charge in [0.2, 0.25) is 0 Å². The molecule has 3 aromatic rings. The first kappa shape index (κ1) is 18.4. The molecule has 0 bridgehead atoms. The fourth-order valence-corrected chi connectivity index (χ4v) is 5.11. The van der Waals surface area contributed by atoms with Gasteiger partial charge in [-0.2, -0.15) is 0 Å². The first-order chi connectivity index (χ1) is 14.3. The van der Waals surface area contributed by atoms with Crippen molar-refractivity contribution in [2.24, 2.45) is 0 Å². The van der Waals surface area contributed by atoms with Crippen LogP contribution in [0.4, 0.5) is 0 Å². The molecule has 2 aliphatic rings. The Morgan fingerprint density at radius 3 is 2.24 bits per heavy atom. The molecule has 29 heavy (non-hydrogen) atoms. The Labute approximate surface area is 174 Å². The summed E-state index contributed by atoms with van der Waals surface area (Å²) in [6.07, 6.45) is 5.19. The first-order valence-corrected chi connectivity index (χ1v) is 10.9. The summed E-state index contributed by atoms with van der Waals surface area (Å²) in [4.78, 5) is 2.62. The van der Waals surface area contributed by atoms with Crippen LogP contribution in [0, 0.1) is 0 Å². The van der Waals surface area contributed by atoms with Crippen molar-refractivity contribution in [3.8, 4) is 5.75 Å². The van der Waals surface area contributed by atoms with Gasteiger partial charge in [0.1, 0.15) is 12.4 Å². The second kappa shape index (κ2) is 8.04. The lowest BCUT2D eigenvalue weighted by Crippen LogP contribution is -2.41. The molecule has 1 aliphatic carbocycles. The minimum absolute atomic E-state index is 0.447. The number of rotatable bonds is 5. The average molecular weight is 384 g/mol. The Bertz CT molecular complexity index is 940. The minimum atomic E-state index is 0.447. The predicted octanol–water partition coefficient (Wildman–Crippen LogP) is 5.75. The van der Waals surface area contributed by atoms with Gasteiger partial charge in [-0.1, -0.05) is 66.7 Å². The van der Waals surface area contributed by atoms with Gasteiger partial charge in [0.25, 0.3) is 0 Å². The standard InChI is InChI=1S/C27H29NO/c1-2-6-23(7-3-1)21-29-25-12-10-22(11-13-25)20-28-18-16-27(17-19-28)15-14-24-8-4-5-9-26(24)27/h1-13H,14-21H2.